The summed E-state index contributed by atoms with van der Waals surface area (Å²) >= 11 is 5.80. The summed E-state index contributed by atoms with van der Waals surface area (Å²) in [6.45, 7) is 1.80. The van der Waals surface area contributed by atoms with Gasteiger partial charge in [0.2, 0.25) is 0 Å². The predicted octanol–water partition coefficient (Wildman–Crippen LogP) is 1.22. The Morgan fingerprint density at radius 3 is 2.50 bits per heavy atom. The van der Waals surface area contributed by atoms with Gasteiger partial charge in [0.1, 0.15) is 6.10 Å². The fourth-order valence-corrected chi connectivity index (χ4v) is 1.67. The molecule has 0 aliphatic rings. The Morgan fingerprint density at radius 2 is 2.00 bits per heavy atom. The zero-order valence-electron chi connectivity index (χ0n) is 8.98. The maximum Gasteiger partial charge on any atom is 0.337 e. The van der Waals surface area contributed by atoms with E-state index in [4.69, 9.17) is 11.6 Å². The van der Waals surface area contributed by atoms with Gasteiger partial charge in [0.25, 0.3) is 0 Å². The normalized spacial score (nSPS) is 14.3. The number of carbonyl (C=O) groups is 1. The monoisotopic (exact) mass is 244 g/mol. The minimum Gasteiger partial charge on any atom is -0.467 e. The molecule has 0 aliphatic heterocycles. The van der Waals surface area contributed by atoms with Gasteiger partial charge >= 0.3 is 5.97 Å². The van der Waals surface area contributed by atoms with Gasteiger partial charge in [-0.2, -0.15) is 0 Å². The molecule has 0 spiro atoms. The van der Waals surface area contributed by atoms with Crippen molar-refractivity contribution in [3.63, 3.8) is 0 Å². The van der Waals surface area contributed by atoms with Crippen LogP contribution in [0.3, 0.4) is 0 Å². The molecule has 1 aromatic rings. The van der Waals surface area contributed by atoms with Gasteiger partial charge in [-0.3, -0.25) is 0 Å². The van der Waals surface area contributed by atoms with Crippen LogP contribution in [0.25, 0.3) is 0 Å². The number of aryl methyl sites for hydroxylation is 1. The van der Waals surface area contributed by atoms with E-state index in [2.05, 4.69) is 4.74 Å². The fraction of sp³-hybridized carbons (Fsp3) is 0.364. The van der Waals surface area contributed by atoms with E-state index in [9.17, 15) is 15.0 Å². The number of aliphatic hydroxyl groups is 2. The first kappa shape index (κ1) is 13.0. The Hall–Kier alpha value is -1.10. The number of hydrogen-bond acceptors (Lipinski definition) is 4. The van der Waals surface area contributed by atoms with Crippen molar-refractivity contribution in [1.82, 2.24) is 0 Å². The molecular weight excluding hydrogens is 232 g/mol. The van der Waals surface area contributed by atoms with Crippen molar-refractivity contribution in [2.75, 3.05) is 7.11 Å². The average Bonchev–Trinajstić information content (AvgIpc) is 2.24. The van der Waals surface area contributed by atoms with Gasteiger partial charge in [0.15, 0.2) is 6.10 Å². The first-order chi connectivity index (χ1) is 7.45. The van der Waals surface area contributed by atoms with Crippen molar-refractivity contribution < 1.29 is 19.7 Å². The molecule has 5 heteroatoms. The van der Waals surface area contributed by atoms with Gasteiger partial charge in [-0.05, 0) is 30.2 Å². The number of carbonyl (C=O) groups excluding carboxylic acids is 1. The number of ether oxygens (including phenoxy) is 1. The molecule has 16 heavy (non-hydrogen) atoms. The van der Waals surface area contributed by atoms with Crippen LogP contribution in [0.5, 0.6) is 0 Å². The van der Waals surface area contributed by atoms with Crippen molar-refractivity contribution in [2.45, 2.75) is 19.1 Å². The number of rotatable bonds is 3. The molecule has 0 radical (unpaired) electrons. The van der Waals surface area contributed by atoms with E-state index in [1.807, 2.05) is 0 Å². The van der Waals surface area contributed by atoms with Crippen molar-refractivity contribution >= 4 is 17.6 Å². The minimum atomic E-state index is -1.61. The Balaban J connectivity index is 2.95. The molecule has 2 N–H and O–H groups in total. The molecule has 4 nitrogen and oxygen atoms in total. The molecule has 0 saturated heterocycles. The second kappa shape index (κ2) is 5.30. The standard InChI is InChI=1S/C11H13ClO4/c1-6-3-7(5-8(12)4-6)9(13)10(14)11(15)16-2/h3-5,9-10,13-14H,1-2H3. The highest BCUT2D eigenvalue weighted by Crippen LogP contribution is 2.23. The Labute approximate surface area is 98.4 Å². The van der Waals surface area contributed by atoms with Crippen molar-refractivity contribution in [3.8, 4) is 0 Å². The first-order valence-corrected chi connectivity index (χ1v) is 5.04. The van der Waals surface area contributed by atoms with Crippen LogP contribution in [0.15, 0.2) is 18.2 Å². The topological polar surface area (TPSA) is 66.8 Å². The lowest BCUT2D eigenvalue weighted by Crippen LogP contribution is -2.29. The summed E-state index contributed by atoms with van der Waals surface area (Å²) < 4.78 is 4.33. The zero-order chi connectivity index (χ0) is 12.3. The molecule has 2 unspecified atom stereocenters. The summed E-state index contributed by atoms with van der Waals surface area (Å²) in [6, 6.07) is 4.84. The maximum atomic E-state index is 11.0. The van der Waals surface area contributed by atoms with Gasteiger partial charge in [-0.15, -0.1) is 0 Å². The van der Waals surface area contributed by atoms with Gasteiger partial charge in [0.05, 0.1) is 7.11 Å². The van der Waals surface area contributed by atoms with E-state index >= 15 is 0 Å². The van der Waals surface area contributed by atoms with E-state index in [-0.39, 0.29) is 0 Å². The van der Waals surface area contributed by atoms with Crippen LogP contribution in [-0.4, -0.2) is 29.4 Å². The molecule has 0 bridgehead atoms. The second-order valence-corrected chi connectivity index (χ2v) is 3.91. The van der Waals surface area contributed by atoms with Gasteiger partial charge in [0, 0.05) is 5.02 Å². The maximum absolute atomic E-state index is 11.0. The van der Waals surface area contributed by atoms with E-state index in [0.717, 1.165) is 12.7 Å². The largest absolute Gasteiger partial charge is 0.467 e. The number of methoxy groups -OCH3 is 1. The zero-order valence-corrected chi connectivity index (χ0v) is 9.73. The van der Waals surface area contributed by atoms with E-state index < -0.39 is 18.2 Å². The number of esters is 1. The van der Waals surface area contributed by atoms with E-state index in [1.54, 1.807) is 19.1 Å². The van der Waals surface area contributed by atoms with Gasteiger partial charge < -0.3 is 14.9 Å². The smallest absolute Gasteiger partial charge is 0.337 e. The van der Waals surface area contributed by atoms with Crippen LogP contribution < -0.4 is 0 Å². The third-order valence-corrected chi connectivity index (χ3v) is 2.37. The number of benzene rings is 1. The van der Waals surface area contributed by atoms with Crippen molar-refractivity contribution in [2.24, 2.45) is 0 Å². The molecule has 1 rings (SSSR count). The Morgan fingerprint density at radius 1 is 1.38 bits per heavy atom. The van der Waals surface area contributed by atoms with E-state index in [0.29, 0.717) is 10.6 Å². The van der Waals surface area contributed by atoms with Crippen LogP contribution in [0.2, 0.25) is 5.02 Å². The van der Waals surface area contributed by atoms with Crippen LogP contribution in [0, 0.1) is 6.92 Å². The third-order valence-electron chi connectivity index (χ3n) is 2.15. The summed E-state index contributed by atoms with van der Waals surface area (Å²) in [5.74, 6) is -0.884. The Bertz CT molecular complexity index is 371. The highest BCUT2D eigenvalue weighted by atomic mass is 35.5. The molecule has 0 amide bonds. The van der Waals surface area contributed by atoms with Gasteiger partial charge in [-0.25, -0.2) is 4.79 Å². The highest BCUT2D eigenvalue weighted by molar-refractivity contribution is 6.30. The van der Waals surface area contributed by atoms with Crippen LogP contribution in [-0.2, 0) is 9.53 Å². The van der Waals surface area contributed by atoms with Crippen LogP contribution in [0.1, 0.15) is 17.2 Å². The van der Waals surface area contributed by atoms with Crippen LogP contribution in [0.4, 0.5) is 0 Å². The molecule has 0 aromatic heterocycles. The van der Waals surface area contributed by atoms with Crippen molar-refractivity contribution in [3.05, 3.63) is 34.3 Å². The molecule has 0 aliphatic carbocycles. The summed E-state index contributed by atoms with van der Waals surface area (Å²) in [4.78, 5) is 11.0. The third kappa shape index (κ3) is 2.95. The lowest BCUT2D eigenvalue weighted by Gasteiger charge is -2.16. The van der Waals surface area contributed by atoms with E-state index in [1.165, 1.54) is 6.07 Å². The van der Waals surface area contributed by atoms with Crippen LogP contribution >= 0.6 is 11.6 Å². The molecule has 0 fully saturated rings. The lowest BCUT2D eigenvalue weighted by atomic mass is 10.0. The minimum absolute atomic E-state index is 0.378. The van der Waals surface area contributed by atoms with Crippen molar-refractivity contribution in [1.29, 1.82) is 0 Å². The molecule has 0 heterocycles. The lowest BCUT2D eigenvalue weighted by molar-refractivity contribution is -0.156. The van der Waals surface area contributed by atoms with Gasteiger partial charge in [-0.1, -0.05) is 17.7 Å². The summed E-state index contributed by atoms with van der Waals surface area (Å²) in [6.07, 6.45) is -2.95. The molecule has 2 atom stereocenters. The molecule has 0 saturated carbocycles. The Kier molecular flexibility index (Phi) is 4.29. The second-order valence-electron chi connectivity index (χ2n) is 3.47. The fourth-order valence-electron chi connectivity index (χ4n) is 1.37. The average molecular weight is 245 g/mol. The molecule has 1 aromatic carbocycles. The first-order valence-electron chi connectivity index (χ1n) is 4.66. The molecular formula is C11H13ClO4. The number of hydrogen-bond donors (Lipinski definition) is 2. The summed E-state index contributed by atoms with van der Waals surface area (Å²) in [5.41, 5.74) is 1.21. The summed E-state index contributed by atoms with van der Waals surface area (Å²) in [5, 5.41) is 19.6. The quantitative estimate of drug-likeness (QED) is 0.785. The molecule has 88 valence electrons. The number of aliphatic hydroxyl groups excluding tert-OH is 2. The number of halogens is 1. The summed E-state index contributed by atoms with van der Waals surface area (Å²) in [7, 11) is 1.14. The highest BCUT2D eigenvalue weighted by Gasteiger charge is 2.26. The SMILES string of the molecule is COC(=O)C(O)C(O)c1cc(C)cc(Cl)c1. The predicted molar refractivity (Wildman–Crippen MR) is 59.2 cm³/mol.